The number of hydrogen-bond acceptors (Lipinski definition) is 2. The molecule has 0 saturated heterocycles. The molecule has 0 aliphatic heterocycles. The molecule has 1 aromatic heterocycles. The summed E-state index contributed by atoms with van der Waals surface area (Å²) < 4.78 is 1.64. The molecule has 0 saturated carbocycles. The van der Waals surface area contributed by atoms with Crippen molar-refractivity contribution in [1.29, 1.82) is 0 Å². The van der Waals surface area contributed by atoms with E-state index in [2.05, 4.69) is 6.92 Å². The number of rotatable bonds is 1. The number of hydrogen-bond donors (Lipinski definition) is 0. The molecule has 3 heteroatoms. The lowest BCUT2D eigenvalue weighted by Gasteiger charge is -1.99. The van der Waals surface area contributed by atoms with Crippen LogP contribution in [0.3, 0.4) is 0 Å². The van der Waals surface area contributed by atoms with E-state index >= 15 is 0 Å². The molecule has 0 amide bonds. The Morgan fingerprint density at radius 1 is 1.15 bits per heavy atom. The van der Waals surface area contributed by atoms with Gasteiger partial charge in [-0.1, -0.05) is 23.7 Å². The topological polar surface area (TPSA) is 22.0 Å². The van der Waals surface area contributed by atoms with E-state index in [4.69, 9.17) is 0 Å². The molecule has 2 aromatic rings. The third kappa shape index (κ3) is 1.55. The number of aromatic nitrogens is 1. The minimum Gasteiger partial charge on any atom is -0.268 e. The summed E-state index contributed by atoms with van der Waals surface area (Å²) in [5.74, 6) is 0. The highest BCUT2D eigenvalue weighted by atomic mass is 32.1. The highest BCUT2D eigenvalue weighted by Crippen LogP contribution is 2.09. The average Bonchev–Trinajstić information content (AvgIpc) is 2.53. The van der Waals surface area contributed by atoms with Crippen LogP contribution >= 0.6 is 11.5 Å². The van der Waals surface area contributed by atoms with Crippen LogP contribution in [-0.4, -0.2) is 3.96 Å². The standard InChI is InChI=1S/C10H8NOS/c1-8-2-4-9(5-3-8)11-10(12)6-7-13-11/h2-7H,1H2. The second-order valence-electron chi connectivity index (χ2n) is 2.71. The molecule has 1 radical (unpaired) electrons. The highest BCUT2D eigenvalue weighted by molar-refractivity contribution is 7.04. The Morgan fingerprint density at radius 3 is 2.38 bits per heavy atom. The highest BCUT2D eigenvalue weighted by Gasteiger charge is 1.98. The molecule has 0 unspecified atom stereocenters. The van der Waals surface area contributed by atoms with Crippen molar-refractivity contribution in [3.8, 4) is 5.69 Å². The number of nitrogens with zero attached hydrogens (tertiary/aromatic N) is 1. The summed E-state index contributed by atoms with van der Waals surface area (Å²) in [5.41, 5.74) is 1.86. The fraction of sp³-hybridized carbons (Fsp3) is 0. The molecule has 0 N–H and O–H groups in total. The van der Waals surface area contributed by atoms with Crippen molar-refractivity contribution in [2.24, 2.45) is 0 Å². The third-order valence-electron chi connectivity index (χ3n) is 1.75. The van der Waals surface area contributed by atoms with E-state index in [1.807, 2.05) is 24.3 Å². The monoisotopic (exact) mass is 190 g/mol. The van der Waals surface area contributed by atoms with E-state index < -0.39 is 0 Å². The molecule has 0 fully saturated rings. The molecule has 13 heavy (non-hydrogen) atoms. The zero-order valence-corrected chi connectivity index (χ0v) is 7.75. The minimum atomic E-state index is 0.0156. The van der Waals surface area contributed by atoms with Crippen molar-refractivity contribution < 1.29 is 0 Å². The molecule has 0 bridgehead atoms. The third-order valence-corrected chi connectivity index (χ3v) is 2.61. The Hall–Kier alpha value is -1.35. The lowest BCUT2D eigenvalue weighted by Crippen LogP contribution is -2.08. The van der Waals surface area contributed by atoms with Gasteiger partial charge in [0.05, 0.1) is 5.69 Å². The van der Waals surface area contributed by atoms with E-state index in [1.165, 1.54) is 11.5 Å². The van der Waals surface area contributed by atoms with Crippen LogP contribution < -0.4 is 5.56 Å². The Bertz CT molecular complexity index is 452. The normalized spacial score (nSPS) is 10.2. The van der Waals surface area contributed by atoms with Crippen LogP contribution in [0.5, 0.6) is 0 Å². The summed E-state index contributed by atoms with van der Waals surface area (Å²) in [4.78, 5) is 11.3. The molecule has 65 valence electrons. The van der Waals surface area contributed by atoms with Crippen molar-refractivity contribution in [1.82, 2.24) is 3.96 Å². The predicted octanol–water partition coefficient (Wildman–Crippen LogP) is 2.08. The minimum absolute atomic E-state index is 0.0156. The summed E-state index contributed by atoms with van der Waals surface area (Å²) in [7, 11) is 0. The largest absolute Gasteiger partial charge is 0.268 e. The molecule has 2 nitrogen and oxygen atoms in total. The van der Waals surface area contributed by atoms with Crippen LogP contribution in [0.15, 0.2) is 40.5 Å². The van der Waals surface area contributed by atoms with Gasteiger partial charge in [-0.05, 0) is 24.6 Å². The molecule has 0 atom stereocenters. The van der Waals surface area contributed by atoms with Gasteiger partial charge in [-0.25, -0.2) is 3.96 Å². The lowest BCUT2D eigenvalue weighted by atomic mass is 10.2. The summed E-state index contributed by atoms with van der Waals surface area (Å²) in [6, 6.07) is 9.12. The van der Waals surface area contributed by atoms with E-state index in [1.54, 1.807) is 15.4 Å². The average molecular weight is 190 g/mol. The van der Waals surface area contributed by atoms with Gasteiger partial charge in [-0.15, -0.1) is 0 Å². The first-order chi connectivity index (χ1) is 6.27. The molecule has 0 aliphatic carbocycles. The van der Waals surface area contributed by atoms with Crippen LogP contribution in [0.2, 0.25) is 0 Å². The number of benzene rings is 1. The van der Waals surface area contributed by atoms with Gasteiger partial charge in [0.2, 0.25) is 0 Å². The quantitative estimate of drug-likeness (QED) is 0.674. The van der Waals surface area contributed by atoms with Crippen LogP contribution in [0.1, 0.15) is 5.56 Å². The van der Waals surface area contributed by atoms with Crippen LogP contribution in [0.25, 0.3) is 5.69 Å². The van der Waals surface area contributed by atoms with Crippen molar-refractivity contribution in [3.63, 3.8) is 0 Å². The summed E-state index contributed by atoms with van der Waals surface area (Å²) in [6.07, 6.45) is 0. The van der Waals surface area contributed by atoms with Gasteiger partial charge < -0.3 is 0 Å². The fourth-order valence-electron chi connectivity index (χ4n) is 1.09. The summed E-state index contributed by atoms with van der Waals surface area (Å²) in [5, 5.41) is 1.78. The maximum atomic E-state index is 11.3. The Balaban J connectivity index is 2.54. The molecular weight excluding hydrogens is 182 g/mol. The summed E-state index contributed by atoms with van der Waals surface area (Å²) in [6.45, 7) is 3.78. The molecule has 1 heterocycles. The van der Waals surface area contributed by atoms with Crippen molar-refractivity contribution in [3.05, 3.63) is 58.6 Å². The van der Waals surface area contributed by atoms with Gasteiger partial charge in [0.1, 0.15) is 0 Å². The molecule has 0 spiro atoms. The first kappa shape index (κ1) is 8.26. The zero-order chi connectivity index (χ0) is 9.26. The van der Waals surface area contributed by atoms with Crippen LogP contribution in [-0.2, 0) is 0 Å². The Labute approximate surface area is 80.2 Å². The van der Waals surface area contributed by atoms with Gasteiger partial charge in [-0.2, -0.15) is 0 Å². The Kier molecular flexibility index (Phi) is 2.02. The lowest BCUT2D eigenvalue weighted by molar-refractivity contribution is 1.13. The first-order valence-corrected chi connectivity index (χ1v) is 4.70. The fourth-order valence-corrected chi connectivity index (χ4v) is 1.80. The maximum Gasteiger partial charge on any atom is 0.265 e. The first-order valence-electron chi connectivity index (χ1n) is 3.87. The molecule has 2 rings (SSSR count). The van der Waals surface area contributed by atoms with E-state index in [-0.39, 0.29) is 5.56 Å². The smallest absolute Gasteiger partial charge is 0.265 e. The molecule has 0 aliphatic rings. The van der Waals surface area contributed by atoms with Crippen LogP contribution in [0.4, 0.5) is 0 Å². The predicted molar refractivity (Wildman–Crippen MR) is 54.4 cm³/mol. The van der Waals surface area contributed by atoms with Crippen molar-refractivity contribution >= 4 is 11.5 Å². The van der Waals surface area contributed by atoms with Gasteiger partial charge >= 0.3 is 0 Å². The molecular formula is C10H8NOS. The summed E-state index contributed by atoms with van der Waals surface area (Å²) >= 11 is 1.39. The van der Waals surface area contributed by atoms with Gasteiger partial charge in [0.15, 0.2) is 0 Å². The second-order valence-corrected chi connectivity index (χ2v) is 3.56. The second kappa shape index (κ2) is 3.18. The maximum absolute atomic E-state index is 11.3. The van der Waals surface area contributed by atoms with E-state index in [0.29, 0.717) is 0 Å². The SMILES string of the molecule is [CH2]c1ccc(-n2sccc2=O)cc1. The van der Waals surface area contributed by atoms with Gasteiger partial charge in [0.25, 0.3) is 5.56 Å². The van der Waals surface area contributed by atoms with Crippen LogP contribution in [0, 0.1) is 6.92 Å². The van der Waals surface area contributed by atoms with Gasteiger partial charge in [0, 0.05) is 11.4 Å². The van der Waals surface area contributed by atoms with E-state index in [0.717, 1.165) is 11.3 Å². The Morgan fingerprint density at radius 2 is 1.85 bits per heavy atom. The van der Waals surface area contributed by atoms with Crippen molar-refractivity contribution in [2.75, 3.05) is 0 Å². The molecule has 1 aromatic carbocycles. The zero-order valence-electron chi connectivity index (χ0n) is 6.93. The van der Waals surface area contributed by atoms with Crippen molar-refractivity contribution in [2.45, 2.75) is 0 Å². The van der Waals surface area contributed by atoms with Gasteiger partial charge in [-0.3, -0.25) is 4.79 Å². The van der Waals surface area contributed by atoms with E-state index in [9.17, 15) is 4.79 Å².